The number of aryl methyl sites for hydroxylation is 3. The monoisotopic (exact) mass is 241 g/mol. The van der Waals surface area contributed by atoms with E-state index in [9.17, 15) is 0 Å². The van der Waals surface area contributed by atoms with Crippen molar-refractivity contribution in [1.29, 1.82) is 0 Å². The maximum atomic E-state index is 6.16. The summed E-state index contributed by atoms with van der Waals surface area (Å²) in [6.07, 6.45) is 1.83. The van der Waals surface area contributed by atoms with Crippen molar-refractivity contribution in [3.05, 3.63) is 47.8 Å². The van der Waals surface area contributed by atoms with Crippen molar-refractivity contribution in [3.8, 4) is 11.3 Å². The van der Waals surface area contributed by atoms with Crippen LogP contribution in [0.25, 0.3) is 11.3 Å². The summed E-state index contributed by atoms with van der Waals surface area (Å²) in [6, 6.07) is 6.30. The van der Waals surface area contributed by atoms with E-state index in [-0.39, 0.29) is 0 Å². The molecule has 3 heteroatoms. The average molecular weight is 241 g/mol. The molecular weight excluding hydrogens is 222 g/mol. The van der Waals surface area contributed by atoms with E-state index < -0.39 is 0 Å². The number of benzene rings is 1. The van der Waals surface area contributed by atoms with Crippen molar-refractivity contribution in [2.45, 2.75) is 27.3 Å². The zero-order valence-corrected chi connectivity index (χ0v) is 11.2. The second-order valence-electron chi connectivity index (χ2n) is 4.59. The van der Waals surface area contributed by atoms with Crippen molar-refractivity contribution < 1.29 is 0 Å². The van der Waals surface area contributed by atoms with Crippen LogP contribution < -0.4 is 5.73 Å². The summed E-state index contributed by atoms with van der Waals surface area (Å²) >= 11 is 0. The summed E-state index contributed by atoms with van der Waals surface area (Å²) in [4.78, 5) is 4.56. The van der Waals surface area contributed by atoms with Gasteiger partial charge in [0, 0.05) is 12.1 Å². The van der Waals surface area contributed by atoms with Crippen molar-refractivity contribution in [1.82, 2.24) is 9.55 Å². The van der Waals surface area contributed by atoms with Crippen LogP contribution in [0.15, 0.2) is 30.9 Å². The number of aromatic nitrogens is 2. The molecule has 2 rings (SSSR count). The molecule has 0 unspecified atom stereocenters. The summed E-state index contributed by atoms with van der Waals surface area (Å²) in [5, 5.41) is 0. The van der Waals surface area contributed by atoms with E-state index in [1.807, 2.05) is 17.6 Å². The van der Waals surface area contributed by atoms with Crippen LogP contribution in [-0.4, -0.2) is 9.55 Å². The number of nitrogens with zero attached hydrogens (tertiary/aromatic N) is 2. The van der Waals surface area contributed by atoms with Crippen molar-refractivity contribution >= 4 is 5.82 Å². The lowest BCUT2D eigenvalue weighted by Crippen LogP contribution is -2.03. The first-order chi connectivity index (χ1) is 8.54. The zero-order valence-electron chi connectivity index (χ0n) is 11.2. The normalized spacial score (nSPS) is 10.6. The highest BCUT2D eigenvalue weighted by Gasteiger charge is 2.13. The van der Waals surface area contributed by atoms with E-state index in [4.69, 9.17) is 5.73 Å². The minimum absolute atomic E-state index is 0.690. The van der Waals surface area contributed by atoms with Crippen molar-refractivity contribution in [2.24, 2.45) is 0 Å². The number of nitrogen functional groups attached to an aromatic ring is 1. The molecule has 0 saturated heterocycles. The number of hydrogen-bond acceptors (Lipinski definition) is 2. The molecule has 0 fully saturated rings. The van der Waals surface area contributed by atoms with Gasteiger partial charge in [0.15, 0.2) is 0 Å². The Morgan fingerprint density at radius 1 is 1.28 bits per heavy atom. The molecule has 0 spiro atoms. The van der Waals surface area contributed by atoms with Crippen LogP contribution in [0, 0.1) is 20.8 Å². The number of allylic oxidation sites excluding steroid dienone is 1. The van der Waals surface area contributed by atoms with Gasteiger partial charge in [0.05, 0.1) is 0 Å². The van der Waals surface area contributed by atoms with Gasteiger partial charge in [0.1, 0.15) is 17.3 Å². The summed E-state index contributed by atoms with van der Waals surface area (Å²) in [5.74, 6) is 1.62. The molecule has 2 N–H and O–H groups in total. The predicted molar refractivity (Wildman–Crippen MR) is 76.5 cm³/mol. The van der Waals surface area contributed by atoms with Gasteiger partial charge in [-0.1, -0.05) is 18.2 Å². The quantitative estimate of drug-likeness (QED) is 0.838. The molecule has 0 atom stereocenters. The van der Waals surface area contributed by atoms with Gasteiger partial charge in [-0.25, -0.2) is 4.98 Å². The highest BCUT2D eigenvalue weighted by atomic mass is 15.1. The largest absolute Gasteiger partial charge is 0.383 e. The Balaban J connectivity index is 2.54. The second-order valence-corrected chi connectivity index (χ2v) is 4.59. The Labute approximate surface area is 108 Å². The molecule has 0 aliphatic heterocycles. The SMILES string of the molecule is C=CCn1c(C)nc(-c2ccc(C)c(C)c2)c1N. The van der Waals surface area contributed by atoms with Crippen LogP contribution >= 0.6 is 0 Å². The molecule has 3 nitrogen and oxygen atoms in total. The number of anilines is 1. The molecular formula is C15H19N3. The molecule has 0 aliphatic carbocycles. The Hall–Kier alpha value is -2.03. The van der Waals surface area contributed by atoms with E-state index in [1.165, 1.54) is 11.1 Å². The van der Waals surface area contributed by atoms with Gasteiger partial charge >= 0.3 is 0 Å². The van der Waals surface area contributed by atoms with Gasteiger partial charge < -0.3 is 10.3 Å². The fourth-order valence-electron chi connectivity index (χ4n) is 2.04. The van der Waals surface area contributed by atoms with E-state index in [0.717, 1.165) is 17.1 Å². The topological polar surface area (TPSA) is 43.8 Å². The van der Waals surface area contributed by atoms with Crippen molar-refractivity contribution in [3.63, 3.8) is 0 Å². The Morgan fingerprint density at radius 2 is 2.00 bits per heavy atom. The summed E-state index contributed by atoms with van der Waals surface area (Å²) in [6.45, 7) is 10.6. The first kappa shape index (κ1) is 12.4. The van der Waals surface area contributed by atoms with Gasteiger partial charge in [-0.15, -0.1) is 6.58 Å². The third-order valence-electron chi connectivity index (χ3n) is 3.29. The van der Waals surface area contributed by atoms with E-state index in [0.29, 0.717) is 12.4 Å². The number of rotatable bonds is 3. The lowest BCUT2D eigenvalue weighted by atomic mass is 10.0. The van der Waals surface area contributed by atoms with Gasteiger partial charge in [-0.3, -0.25) is 0 Å². The fraction of sp³-hybridized carbons (Fsp3) is 0.267. The molecule has 2 aromatic rings. The minimum Gasteiger partial charge on any atom is -0.383 e. The van der Waals surface area contributed by atoms with E-state index in [1.54, 1.807) is 0 Å². The highest BCUT2D eigenvalue weighted by Crippen LogP contribution is 2.27. The molecule has 0 aliphatic rings. The molecule has 0 amide bonds. The first-order valence-corrected chi connectivity index (χ1v) is 6.05. The number of nitrogens with two attached hydrogens (primary N) is 1. The van der Waals surface area contributed by atoms with Crippen LogP contribution in [0.4, 0.5) is 5.82 Å². The predicted octanol–water partition coefficient (Wildman–Crippen LogP) is 3.24. The molecule has 1 aromatic carbocycles. The summed E-state index contributed by atoms with van der Waals surface area (Å²) in [5.41, 5.74) is 10.6. The fourth-order valence-corrected chi connectivity index (χ4v) is 2.04. The van der Waals surface area contributed by atoms with Gasteiger partial charge in [0.25, 0.3) is 0 Å². The first-order valence-electron chi connectivity index (χ1n) is 6.05. The number of imidazole rings is 1. The standard InChI is InChI=1S/C15H19N3/c1-5-8-18-12(4)17-14(15(18)16)13-7-6-10(2)11(3)9-13/h5-7,9H,1,8,16H2,2-4H3. The summed E-state index contributed by atoms with van der Waals surface area (Å²) < 4.78 is 1.97. The molecule has 0 saturated carbocycles. The summed E-state index contributed by atoms with van der Waals surface area (Å²) in [7, 11) is 0. The minimum atomic E-state index is 0.690. The highest BCUT2D eigenvalue weighted by molar-refractivity contribution is 5.72. The molecule has 1 aromatic heterocycles. The molecule has 94 valence electrons. The maximum absolute atomic E-state index is 6.16. The average Bonchev–Trinajstić information content (AvgIpc) is 2.61. The molecule has 1 heterocycles. The second kappa shape index (κ2) is 4.69. The van der Waals surface area contributed by atoms with E-state index >= 15 is 0 Å². The van der Waals surface area contributed by atoms with Gasteiger partial charge in [0.2, 0.25) is 0 Å². The van der Waals surface area contributed by atoms with Crippen LogP contribution in [0.1, 0.15) is 17.0 Å². The lowest BCUT2D eigenvalue weighted by molar-refractivity contribution is 0.792. The maximum Gasteiger partial charge on any atom is 0.132 e. The van der Waals surface area contributed by atoms with Crippen LogP contribution in [0.3, 0.4) is 0 Å². The third kappa shape index (κ3) is 2.04. The Kier molecular flexibility index (Phi) is 3.24. The zero-order chi connectivity index (χ0) is 13.3. The molecule has 18 heavy (non-hydrogen) atoms. The van der Waals surface area contributed by atoms with Crippen LogP contribution in [-0.2, 0) is 6.54 Å². The van der Waals surface area contributed by atoms with E-state index in [2.05, 4.69) is 43.6 Å². The number of hydrogen-bond donors (Lipinski definition) is 1. The van der Waals surface area contributed by atoms with Crippen molar-refractivity contribution in [2.75, 3.05) is 5.73 Å². The third-order valence-corrected chi connectivity index (χ3v) is 3.29. The molecule has 0 bridgehead atoms. The smallest absolute Gasteiger partial charge is 0.132 e. The molecule has 0 radical (unpaired) electrons. The lowest BCUT2D eigenvalue weighted by Gasteiger charge is -2.05. The van der Waals surface area contributed by atoms with Crippen LogP contribution in [0.5, 0.6) is 0 Å². The Morgan fingerprint density at radius 3 is 2.61 bits per heavy atom. The van der Waals surface area contributed by atoms with Crippen LogP contribution in [0.2, 0.25) is 0 Å². The van der Waals surface area contributed by atoms with Gasteiger partial charge in [-0.2, -0.15) is 0 Å². The van der Waals surface area contributed by atoms with Gasteiger partial charge in [-0.05, 0) is 38.0 Å². The Bertz CT molecular complexity index is 594.